The fourth-order valence-electron chi connectivity index (χ4n) is 2.02. The SMILES string of the molecule is COc1ccc(/C=N\Nc2nc(C)cc(=O)[nH]2)c(OC)c1OC. The maximum absolute atomic E-state index is 11.4. The second kappa shape index (κ2) is 7.30. The standard InChI is InChI=1S/C15H18N4O4/c1-9-7-12(20)18-15(17-9)19-16-8-10-5-6-11(21-2)14(23-4)13(10)22-3/h5-8H,1-4H3,(H2,17,18,19,20)/b16-8-. The first kappa shape index (κ1) is 16.3. The zero-order valence-electron chi connectivity index (χ0n) is 13.3. The fourth-order valence-corrected chi connectivity index (χ4v) is 2.02. The van der Waals surface area contributed by atoms with E-state index in [9.17, 15) is 4.79 Å². The van der Waals surface area contributed by atoms with Gasteiger partial charge in [0, 0.05) is 17.3 Å². The van der Waals surface area contributed by atoms with Crippen LogP contribution in [0.4, 0.5) is 5.95 Å². The number of hydrogen-bond acceptors (Lipinski definition) is 7. The Kier molecular flexibility index (Phi) is 5.19. The number of aryl methyl sites for hydroxylation is 1. The first-order chi connectivity index (χ1) is 11.1. The number of hydrogen-bond donors (Lipinski definition) is 2. The third-order valence-electron chi connectivity index (χ3n) is 2.98. The molecule has 0 aliphatic carbocycles. The number of benzene rings is 1. The highest BCUT2D eigenvalue weighted by Gasteiger charge is 2.14. The van der Waals surface area contributed by atoms with Crippen LogP contribution in [0.15, 0.2) is 28.1 Å². The number of anilines is 1. The van der Waals surface area contributed by atoms with E-state index in [1.54, 1.807) is 26.2 Å². The van der Waals surface area contributed by atoms with Gasteiger partial charge in [0.05, 0.1) is 27.5 Å². The van der Waals surface area contributed by atoms with E-state index in [0.717, 1.165) is 0 Å². The van der Waals surface area contributed by atoms with Crippen LogP contribution in [0.2, 0.25) is 0 Å². The van der Waals surface area contributed by atoms with Gasteiger partial charge in [-0.1, -0.05) is 0 Å². The third-order valence-corrected chi connectivity index (χ3v) is 2.98. The van der Waals surface area contributed by atoms with Gasteiger partial charge in [-0.25, -0.2) is 10.4 Å². The molecule has 122 valence electrons. The number of H-pyrrole nitrogens is 1. The van der Waals surface area contributed by atoms with E-state index in [1.807, 2.05) is 0 Å². The predicted octanol–water partition coefficient (Wildman–Crippen LogP) is 1.55. The lowest BCUT2D eigenvalue weighted by molar-refractivity contribution is 0.324. The fraction of sp³-hybridized carbons (Fsp3) is 0.267. The summed E-state index contributed by atoms with van der Waals surface area (Å²) in [4.78, 5) is 18.0. The van der Waals surface area contributed by atoms with Crippen LogP contribution in [0.5, 0.6) is 17.2 Å². The van der Waals surface area contributed by atoms with Gasteiger partial charge in [0.1, 0.15) is 0 Å². The Morgan fingerprint density at radius 1 is 1.17 bits per heavy atom. The number of aromatic nitrogens is 2. The molecule has 23 heavy (non-hydrogen) atoms. The number of ether oxygens (including phenoxy) is 3. The van der Waals surface area contributed by atoms with Crippen molar-refractivity contribution >= 4 is 12.2 Å². The van der Waals surface area contributed by atoms with Crippen molar-refractivity contribution in [3.8, 4) is 17.2 Å². The monoisotopic (exact) mass is 318 g/mol. The zero-order valence-corrected chi connectivity index (χ0v) is 13.3. The van der Waals surface area contributed by atoms with Crippen LogP contribution in [-0.4, -0.2) is 37.5 Å². The van der Waals surface area contributed by atoms with Gasteiger partial charge in [-0.2, -0.15) is 5.10 Å². The van der Waals surface area contributed by atoms with Gasteiger partial charge in [0.15, 0.2) is 11.5 Å². The van der Waals surface area contributed by atoms with E-state index in [-0.39, 0.29) is 11.5 Å². The first-order valence-electron chi connectivity index (χ1n) is 6.75. The molecule has 0 amide bonds. The van der Waals surface area contributed by atoms with Crippen molar-refractivity contribution in [1.82, 2.24) is 9.97 Å². The van der Waals surface area contributed by atoms with E-state index in [0.29, 0.717) is 28.5 Å². The predicted molar refractivity (Wildman–Crippen MR) is 86.9 cm³/mol. The van der Waals surface area contributed by atoms with Crippen LogP contribution in [0.3, 0.4) is 0 Å². The molecule has 0 saturated heterocycles. The normalized spacial score (nSPS) is 10.6. The Morgan fingerprint density at radius 3 is 2.52 bits per heavy atom. The first-order valence-corrected chi connectivity index (χ1v) is 6.75. The van der Waals surface area contributed by atoms with E-state index >= 15 is 0 Å². The number of hydrazone groups is 1. The summed E-state index contributed by atoms with van der Waals surface area (Å²) >= 11 is 0. The number of nitrogens with zero attached hydrogens (tertiary/aromatic N) is 2. The van der Waals surface area contributed by atoms with Crippen LogP contribution in [0.1, 0.15) is 11.3 Å². The summed E-state index contributed by atoms with van der Waals surface area (Å²) in [5.74, 6) is 1.77. The van der Waals surface area contributed by atoms with Gasteiger partial charge in [-0.3, -0.25) is 9.78 Å². The Hall–Kier alpha value is -3.03. The van der Waals surface area contributed by atoms with Gasteiger partial charge < -0.3 is 14.2 Å². The van der Waals surface area contributed by atoms with E-state index in [1.165, 1.54) is 26.5 Å². The maximum Gasteiger partial charge on any atom is 0.252 e. The maximum atomic E-state index is 11.4. The molecule has 2 rings (SSSR count). The molecule has 2 N–H and O–H groups in total. The molecule has 8 nitrogen and oxygen atoms in total. The molecule has 0 aliphatic rings. The number of rotatable bonds is 6. The largest absolute Gasteiger partial charge is 0.493 e. The Morgan fingerprint density at radius 2 is 1.91 bits per heavy atom. The van der Waals surface area contributed by atoms with Crippen molar-refractivity contribution in [3.05, 3.63) is 39.8 Å². The summed E-state index contributed by atoms with van der Waals surface area (Å²) in [5.41, 5.74) is 3.68. The van der Waals surface area contributed by atoms with Crippen LogP contribution >= 0.6 is 0 Å². The Labute approximate surface area is 133 Å². The van der Waals surface area contributed by atoms with Crippen LogP contribution < -0.4 is 25.2 Å². The topological polar surface area (TPSA) is 97.8 Å². The van der Waals surface area contributed by atoms with Crippen molar-refractivity contribution in [3.63, 3.8) is 0 Å². The van der Waals surface area contributed by atoms with E-state index in [2.05, 4.69) is 20.5 Å². The van der Waals surface area contributed by atoms with Crippen molar-refractivity contribution in [1.29, 1.82) is 0 Å². The lowest BCUT2D eigenvalue weighted by Gasteiger charge is -2.13. The molecular weight excluding hydrogens is 300 g/mol. The molecule has 0 radical (unpaired) electrons. The second-order valence-corrected chi connectivity index (χ2v) is 4.53. The van der Waals surface area contributed by atoms with Crippen molar-refractivity contribution in [2.24, 2.45) is 5.10 Å². The molecule has 0 saturated carbocycles. The molecule has 0 unspecified atom stereocenters. The summed E-state index contributed by atoms with van der Waals surface area (Å²) in [6.45, 7) is 1.72. The molecule has 1 aromatic carbocycles. The molecule has 2 aromatic rings. The average Bonchev–Trinajstić information content (AvgIpc) is 2.53. The number of nitrogens with one attached hydrogen (secondary N) is 2. The van der Waals surface area contributed by atoms with E-state index in [4.69, 9.17) is 14.2 Å². The smallest absolute Gasteiger partial charge is 0.252 e. The highest BCUT2D eigenvalue weighted by molar-refractivity contribution is 5.86. The molecule has 0 fully saturated rings. The summed E-state index contributed by atoms with van der Waals surface area (Å²) < 4.78 is 15.9. The Balaban J connectivity index is 2.27. The highest BCUT2D eigenvalue weighted by Crippen LogP contribution is 2.38. The highest BCUT2D eigenvalue weighted by atomic mass is 16.5. The minimum atomic E-state index is -0.251. The van der Waals surface area contributed by atoms with Crippen LogP contribution in [-0.2, 0) is 0 Å². The molecule has 0 aliphatic heterocycles. The molecule has 0 atom stereocenters. The molecule has 0 bridgehead atoms. The Bertz CT molecular complexity index is 771. The van der Waals surface area contributed by atoms with E-state index < -0.39 is 0 Å². The van der Waals surface area contributed by atoms with Crippen LogP contribution in [0.25, 0.3) is 0 Å². The summed E-state index contributed by atoms with van der Waals surface area (Å²) in [5, 5.41) is 4.05. The minimum Gasteiger partial charge on any atom is -0.493 e. The van der Waals surface area contributed by atoms with Gasteiger partial charge in [-0.05, 0) is 19.1 Å². The molecule has 8 heteroatoms. The number of methoxy groups -OCH3 is 3. The summed E-state index contributed by atoms with van der Waals surface area (Å²) in [6.07, 6.45) is 1.53. The molecular formula is C15H18N4O4. The van der Waals surface area contributed by atoms with Gasteiger partial charge in [-0.15, -0.1) is 0 Å². The van der Waals surface area contributed by atoms with Gasteiger partial charge >= 0.3 is 0 Å². The van der Waals surface area contributed by atoms with Gasteiger partial charge in [0.2, 0.25) is 11.7 Å². The molecule has 1 aromatic heterocycles. The quantitative estimate of drug-likeness (QED) is 0.619. The molecule has 1 heterocycles. The average molecular weight is 318 g/mol. The second-order valence-electron chi connectivity index (χ2n) is 4.53. The van der Waals surface area contributed by atoms with Gasteiger partial charge in [0.25, 0.3) is 5.56 Å². The minimum absolute atomic E-state index is 0.251. The summed E-state index contributed by atoms with van der Waals surface area (Å²) in [6, 6.07) is 4.92. The lowest BCUT2D eigenvalue weighted by atomic mass is 10.2. The van der Waals surface area contributed by atoms with Crippen molar-refractivity contribution in [2.45, 2.75) is 6.92 Å². The number of aromatic amines is 1. The van der Waals surface area contributed by atoms with Crippen LogP contribution in [0, 0.1) is 6.92 Å². The van der Waals surface area contributed by atoms with Crippen molar-refractivity contribution in [2.75, 3.05) is 26.8 Å². The lowest BCUT2D eigenvalue weighted by Crippen LogP contribution is -2.10. The molecule has 0 spiro atoms. The summed E-state index contributed by atoms with van der Waals surface area (Å²) in [7, 11) is 4.61. The zero-order chi connectivity index (χ0) is 16.8. The third kappa shape index (κ3) is 3.79. The van der Waals surface area contributed by atoms with Crippen molar-refractivity contribution < 1.29 is 14.2 Å².